The van der Waals surface area contributed by atoms with E-state index in [0.717, 1.165) is 16.2 Å². The first-order valence-electron chi connectivity index (χ1n) is 16.0. The van der Waals surface area contributed by atoms with Gasteiger partial charge in [-0.1, -0.05) is 84.6 Å². The predicted octanol–water partition coefficient (Wildman–Crippen LogP) is 5.92. The number of phenols is 3. The fraction of sp³-hybridized carbons (Fsp3) is 0. The SMILES string of the molecule is O=C(O)c1ccc2cccc(O)c2n1.O=C(O)c1ccc2cccc(O)c2n1.O=C(O)c1ccc2cccc(O)c2n1.O=C(O)c1ccc2cccc([O-])c2n1.[Pu]. The van der Waals surface area contributed by atoms with Crippen molar-refractivity contribution in [2.75, 3.05) is 0 Å². The van der Waals surface area contributed by atoms with Crippen molar-refractivity contribution in [1.82, 2.24) is 19.9 Å². The maximum atomic E-state index is 11.3. The number of nitrogens with zero attached hydrogens (tertiary/aromatic N) is 4. The number of phenolic OH excluding ortho intramolecular Hbond substituents is 3. The number of pyridine rings is 4. The maximum Gasteiger partial charge on any atom is 0.354 e. The molecule has 4 aromatic carbocycles. The van der Waals surface area contributed by atoms with Crippen molar-refractivity contribution >= 4 is 67.5 Å². The molecule has 0 fully saturated rings. The van der Waals surface area contributed by atoms with Gasteiger partial charge in [0.2, 0.25) is 0 Å². The molecule has 0 atom stereocenters. The van der Waals surface area contributed by atoms with Crippen LogP contribution in [-0.4, -0.2) is 79.6 Å². The third kappa shape index (κ3) is 10.4. The van der Waals surface area contributed by atoms with Gasteiger partial charge >= 0.3 is 23.9 Å². The summed E-state index contributed by atoms with van der Waals surface area (Å²) in [6.07, 6.45) is 0. The van der Waals surface area contributed by atoms with E-state index in [0.29, 0.717) is 21.9 Å². The second-order valence-electron chi connectivity index (χ2n) is 11.4. The zero-order chi connectivity index (χ0) is 40.5. The molecular formula is C40H27N4O12Pu-. The number of hydrogen-bond acceptors (Lipinski definition) is 12. The zero-order valence-electron chi connectivity index (χ0n) is 28.9. The molecule has 0 aliphatic rings. The molecule has 0 aliphatic heterocycles. The summed E-state index contributed by atoms with van der Waals surface area (Å²) < 4.78 is 0. The number of fused-ring (bicyclic) bond motifs is 4. The predicted molar refractivity (Wildman–Crippen MR) is 199 cm³/mol. The van der Waals surface area contributed by atoms with Crippen LogP contribution >= 0.6 is 0 Å². The molecule has 0 saturated carbocycles. The minimum atomic E-state index is -1.13. The van der Waals surface area contributed by atoms with Crippen molar-refractivity contribution in [1.29, 1.82) is 0 Å². The number of carboxylic acids is 4. The number of hydrogen-bond donors (Lipinski definition) is 7. The molecule has 0 unspecified atom stereocenters. The Morgan fingerprint density at radius 1 is 0.368 bits per heavy atom. The van der Waals surface area contributed by atoms with E-state index in [2.05, 4.69) is 19.9 Å². The van der Waals surface area contributed by atoms with Crippen LogP contribution in [0.2, 0.25) is 0 Å². The van der Waals surface area contributed by atoms with Crippen molar-refractivity contribution in [2.24, 2.45) is 0 Å². The third-order valence-electron chi connectivity index (χ3n) is 7.66. The first kappa shape index (κ1) is 42.3. The van der Waals surface area contributed by atoms with E-state index in [4.69, 9.17) is 20.4 Å². The summed E-state index contributed by atoms with van der Waals surface area (Å²) in [5.74, 6) is -4.72. The standard InChI is InChI=1S/4C10H7NO3.Pu/c4*12-8-3-1-2-6-4-5-7(10(13)14)11-9(6)8;/h4*1-5,12H,(H,13,14);/p-1. The summed E-state index contributed by atoms with van der Waals surface area (Å²) in [5.41, 5.74) is 0.817. The molecule has 0 amide bonds. The molecule has 8 aromatic rings. The molecule has 8 rings (SSSR count). The van der Waals surface area contributed by atoms with E-state index in [1.165, 1.54) is 48.5 Å². The molecule has 57 heavy (non-hydrogen) atoms. The van der Waals surface area contributed by atoms with Crippen molar-refractivity contribution in [2.45, 2.75) is 0 Å². The van der Waals surface area contributed by atoms with Crippen LogP contribution in [0.5, 0.6) is 23.0 Å². The van der Waals surface area contributed by atoms with E-state index in [-0.39, 0.29) is 80.5 Å². The van der Waals surface area contributed by atoms with Gasteiger partial charge in [-0.25, -0.2) is 39.1 Å². The number of rotatable bonds is 4. The monoisotopic (exact) mass is 993 g/mol. The first-order chi connectivity index (χ1) is 26.7. The van der Waals surface area contributed by atoms with E-state index in [1.54, 1.807) is 72.8 Å². The van der Waals surface area contributed by atoms with Gasteiger partial charge in [-0.2, -0.15) is 0 Å². The van der Waals surface area contributed by atoms with E-state index < -0.39 is 23.9 Å². The molecule has 0 spiro atoms. The summed E-state index contributed by atoms with van der Waals surface area (Å²) in [4.78, 5) is 57.7. The number of benzene rings is 4. The Morgan fingerprint density at radius 2 is 0.614 bits per heavy atom. The Balaban J connectivity index is 0.000000167. The number of aromatic hydroxyl groups is 3. The summed E-state index contributed by atoms with van der Waals surface area (Å²) in [7, 11) is 0. The summed E-state index contributed by atoms with van der Waals surface area (Å²) in [6.45, 7) is 0. The normalized spacial score (nSPS) is 10.1. The van der Waals surface area contributed by atoms with Gasteiger partial charge in [0, 0.05) is 45.3 Å². The van der Waals surface area contributed by atoms with Crippen LogP contribution < -0.4 is 5.11 Å². The quantitative estimate of drug-likeness (QED) is 0.108. The van der Waals surface area contributed by atoms with E-state index in [9.17, 15) is 39.6 Å². The number of carbonyl (C=O) groups is 4. The summed E-state index contributed by atoms with van der Waals surface area (Å²) >= 11 is 0. The van der Waals surface area contributed by atoms with Crippen molar-refractivity contribution in [3.63, 3.8) is 0 Å². The Hall–Kier alpha value is -7.41. The summed E-state index contributed by atoms with van der Waals surface area (Å²) in [6, 6.07) is 31.5. The van der Waals surface area contributed by atoms with Gasteiger partial charge in [0.25, 0.3) is 0 Å². The first-order valence-corrected chi connectivity index (χ1v) is 16.0. The van der Waals surface area contributed by atoms with Crippen LogP contribution in [-0.2, 0) is 0 Å². The molecule has 286 valence electrons. The van der Waals surface area contributed by atoms with Gasteiger partial charge in [0.05, 0.1) is 5.52 Å². The maximum absolute atomic E-state index is 11.3. The molecular weight excluding hydrogens is 972 g/mol. The minimum absolute atomic E-state index is 0. The van der Waals surface area contributed by atoms with Gasteiger partial charge in [0.15, 0.2) is 0 Å². The molecule has 0 saturated heterocycles. The Kier molecular flexibility index (Phi) is 13.9. The molecule has 4 heterocycles. The van der Waals surface area contributed by atoms with E-state index >= 15 is 0 Å². The third-order valence-corrected chi connectivity index (χ3v) is 7.66. The average molecular weight is 1000 g/mol. The number of aromatic carboxylic acids is 4. The Bertz CT molecular complexity index is 2420. The van der Waals surface area contributed by atoms with Gasteiger partial charge < -0.3 is 40.9 Å². The largest absolute Gasteiger partial charge is 0.871 e. The van der Waals surface area contributed by atoms with E-state index in [1.807, 2.05) is 0 Å². The molecule has 0 aliphatic carbocycles. The zero-order valence-corrected chi connectivity index (χ0v) is 32.3. The number of para-hydroxylation sites is 4. The average Bonchev–Trinajstić information content (AvgIpc) is 3.19. The van der Waals surface area contributed by atoms with Gasteiger partial charge in [-0.3, -0.25) is 0 Å². The molecule has 7 N–H and O–H groups in total. The summed E-state index contributed by atoms with van der Waals surface area (Å²) in [5, 5.41) is 77.1. The van der Waals surface area contributed by atoms with Crippen LogP contribution in [0.4, 0.5) is 0 Å². The smallest absolute Gasteiger partial charge is 0.354 e. The molecule has 0 bridgehead atoms. The van der Waals surface area contributed by atoms with Crippen LogP contribution in [0.15, 0.2) is 121 Å². The second-order valence-corrected chi connectivity index (χ2v) is 11.4. The number of aromatic nitrogens is 4. The Morgan fingerprint density at radius 3 is 0.895 bits per heavy atom. The topological polar surface area (TPSA) is 285 Å². The fourth-order valence-corrected chi connectivity index (χ4v) is 4.99. The fourth-order valence-electron chi connectivity index (χ4n) is 4.99. The van der Waals surface area contributed by atoms with Crippen LogP contribution in [0.25, 0.3) is 43.6 Å². The van der Waals surface area contributed by atoms with Gasteiger partial charge in [0.1, 0.15) is 56.6 Å². The van der Waals surface area contributed by atoms with Crippen molar-refractivity contribution < 1.29 is 89.2 Å². The molecule has 17 heteroatoms. The Labute approximate surface area is 342 Å². The van der Waals surface area contributed by atoms with Crippen LogP contribution in [0.3, 0.4) is 0 Å². The minimum Gasteiger partial charge on any atom is -0.871 e. The van der Waals surface area contributed by atoms with Gasteiger partial charge in [-0.15, -0.1) is 0 Å². The van der Waals surface area contributed by atoms with Crippen LogP contribution in [0.1, 0.15) is 42.0 Å². The molecule has 4 aromatic heterocycles. The number of carboxylic acid groups (broad SMARTS) is 4. The van der Waals surface area contributed by atoms with Gasteiger partial charge in [-0.05, 0) is 47.9 Å². The second kappa shape index (κ2) is 18.8. The molecule has 0 radical (unpaired) electrons. The van der Waals surface area contributed by atoms with Crippen molar-refractivity contribution in [3.05, 3.63) is 144 Å². The van der Waals surface area contributed by atoms with Crippen LogP contribution in [0, 0.1) is 29.2 Å². The van der Waals surface area contributed by atoms with Crippen molar-refractivity contribution in [3.8, 4) is 23.0 Å². The molecule has 16 nitrogen and oxygen atoms in total.